The van der Waals surface area contributed by atoms with Gasteiger partial charge in [-0.05, 0) is 23.7 Å². The summed E-state index contributed by atoms with van der Waals surface area (Å²) >= 11 is 0. The van der Waals surface area contributed by atoms with Crippen molar-refractivity contribution in [3.05, 3.63) is 48.3 Å². The van der Waals surface area contributed by atoms with Crippen molar-refractivity contribution in [3.63, 3.8) is 0 Å². The van der Waals surface area contributed by atoms with Gasteiger partial charge in [0.15, 0.2) is 5.54 Å². The second-order valence-electron chi connectivity index (χ2n) is 10.0. The van der Waals surface area contributed by atoms with E-state index in [1.54, 1.807) is 4.90 Å². The highest BCUT2D eigenvalue weighted by Gasteiger charge is 2.50. The molecule has 9 heteroatoms. The van der Waals surface area contributed by atoms with Crippen molar-refractivity contribution in [2.75, 3.05) is 26.2 Å². The summed E-state index contributed by atoms with van der Waals surface area (Å²) < 4.78 is 9.84. The standard InChI is InChI=1S/C24H32N6O2Si/c1-6-22(31)29-16-24(17-29,15-25-2)30-14-19(13-27-30)20-7-9-26-23-21(20)8-10-28(23)18-32-11-12-33(3,4)5/h7-10,13-14H,6,11-12,15-18H2,1,3-5H3. The van der Waals surface area contributed by atoms with Crippen LogP contribution in [-0.4, -0.2) is 64.5 Å². The summed E-state index contributed by atoms with van der Waals surface area (Å²) in [5.41, 5.74) is 2.45. The molecule has 1 aliphatic rings. The van der Waals surface area contributed by atoms with Gasteiger partial charge in [-0.2, -0.15) is 5.10 Å². The normalized spacial score (nSPS) is 15.4. The SMILES string of the molecule is [C-]#[N+]CC1(n2cc(-c3ccnc4c3ccn4COCC[Si](C)(C)C)cn2)CN(C(=O)CC)C1. The zero-order chi connectivity index (χ0) is 23.6. The van der Waals surface area contributed by atoms with E-state index in [0.717, 1.165) is 34.8 Å². The Bertz CT molecular complexity index is 1180. The molecule has 4 rings (SSSR count). The first kappa shape index (κ1) is 23.2. The summed E-state index contributed by atoms with van der Waals surface area (Å²) in [6.45, 7) is 18.9. The molecule has 0 radical (unpaired) electrons. The minimum Gasteiger partial charge on any atom is -0.361 e. The molecule has 1 saturated heterocycles. The monoisotopic (exact) mass is 464 g/mol. The van der Waals surface area contributed by atoms with E-state index in [0.29, 0.717) is 32.8 Å². The predicted octanol–water partition coefficient (Wildman–Crippen LogP) is 4.08. The van der Waals surface area contributed by atoms with Gasteiger partial charge in [0, 0.05) is 50.6 Å². The minimum absolute atomic E-state index is 0.118. The van der Waals surface area contributed by atoms with Crippen LogP contribution in [0.4, 0.5) is 0 Å². The first-order valence-corrected chi connectivity index (χ1v) is 15.2. The number of likely N-dealkylation sites (tertiary alicyclic amines) is 1. The summed E-state index contributed by atoms with van der Waals surface area (Å²) in [6.07, 6.45) is 8.14. The molecule has 4 heterocycles. The number of hydrogen-bond donors (Lipinski definition) is 0. The number of nitrogens with zero attached hydrogens (tertiary/aromatic N) is 6. The lowest BCUT2D eigenvalue weighted by Gasteiger charge is -2.46. The van der Waals surface area contributed by atoms with Crippen molar-refractivity contribution in [2.24, 2.45) is 0 Å². The number of amides is 1. The van der Waals surface area contributed by atoms with Crippen molar-refractivity contribution in [1.29, 1.82) is 0 Å². The predicted molar refractivity (Wildman–Crippen MR) is 131 cm³/mol. The van der Waals surface area contributed by atoms with Gasteiger partial charge in [-0.1, -0.05) is 26.6 Å². The average Bonchev–Trinajstić information content (AvgIpc) is 3.40. The number of carbonyl (C=O) groups excluding carboxylic acids is 1. The van der Waals surface area contributed by atoms with Gasteiger partial charge < -0.3 is 19.0 Å². The number of hydrogen-bond acceptors (Lipinski definition) is 4. The number of fused-ring (bicyclic) bond motifs is 1. The van der Waals surface area contributed by atoms with Crippen LogP contribution in [0.25, 0.3) is 27.0 Å². The zero-order valence-electron chi connectivity index (χ0n) is 19.9. The van der Waals surface area contributed by atoms with Gasteiger partial charge in [0.2, 0.25) is 12.5 Å². The Morgan fingerprint density at radius 1 is 1.30 bits per heavy atom. The molecule has 3 aromatic heterocycles. The maximum Gasteiger partial charge on any atom is 0.243 e. The molecule has 0 unspecified atom stereocenters. The van der Waals surface area contributed by atoms with Crippen molar-refractivity contribution >= 4 is 25.0 Å². The van der Waals surface area contributed by atoms with Gasteiger partial charge in [-0.3, -0.25) is 9.48 Å². The highest BCUT2D eigenvalue weighted by molar-refractivity contribution is 6.76. The van der Waals surface area contributed by atoms with Crippen molar-refractivity contribution in [3.8, 4) is 11.1 Å². The number of aromatic nitrogens is 4. The van der Waals surface area contributed by atoms with Crippen LogP contribution in [0.5, 0.6) is 0 Å². The largest absolute Gasteiger partial charge is 0.361 e. The van der Waals surface area contributed by atoms with Crippen LogP contribution in [0.2, 0.25) is 25.7 Å². The summed E-state index contributed by atoms with van der Waals surface area (Å²) in [6, 6.07) is 5.20. The lowest BCUT2D eigenvalue weighted by molar-refractivity contribution is -0.141. The second-order valence-corrected chi connectivity index (χ2v) is 15.7. The topological polar surface area (TPSA) is 69.5 Å². The van der Waals surface area contributed by atoms with E-state index in [-0.39, 0.29) is 5.91 Å². The van der Waals surface area contributed by atoms with Crippen LogP contribution >= 0.6 is 0 Å². The van der Waals surface area contributed by atoms with Crippen LogP contribution in [0.3, 0.4) is 0 Å². The van der Waals surface area contributed by atoms with Crippen LogP contribution in [0, 0.1) is 6.57 Å². The zero-order valence-corrected chi connectivity index (χ0v) is 20.9. The lowest BCUT2D eigenvalue weighted by atomic mass is 9.89. The molecule has 1 fully saturated rings. The molecular formula is C24H32N6O2Si. The second kappa shape index (κ2) is 9.12. The quantitative estimate of drug-likeness (QED) is 0.272. The Morgan fingerprint density at radius 2 is 2.09 bits per heavy atom. The molecular weight excluding hydrogens is 432 g/mol. The van der Waals surface area contributed by atoms with E-state index >= 15 is 0 Å². The lowest BCUT2D eigenvalue weighted by Crippen LogP contribution is -2.65. The minimum atomic E-state index is -1.12. The molecule has 0 saturated carbocycles. The van der Waals surface area contributed by atoms with Crippen LogP contribution < -0.4 is 0 Å². The first-order chi connectivity index (χ1) is 15.8. The van der Waals surface area contributed by atoms with Gasteiger partial charge in [0.25, 0.3) is 0 Å². The first-order valence-electron chi connectivity index (χ1n) is 11.4. The maximum absolute atomic E-state index is 12.0. The van der Waals surface area contributed by atoms with Crippen molar-refractivity contribution < 1.29 is 9.53 Å². The number of carbonyl (C=O) groups is 1. The molecule has 0 spiro atoms. The van der Waals surface area contributed by atoms with Crippen molar-refractivity contribution in [2.45, 2.75) is 51.3 Å². The van der Waals surface area contributed by atoms with Gasteiger partial charge in [-0.25, -0.2) is 11.6 Å². The Kier molecular flexibility index (Phi) is 6.41. The van der Waals surface area contributed by atoms with Crippen LogP contribution in [0.15, 0.2) is 36.9 Å². The Balaban J connectivity index is 1.54. The van der Waals surface area contributed by atoms with Crippen LogP contribution in [0.1, 0.15) is 13.3 Å². The summed E-state index contributed by atoms with van der Waals surface area (Å²) in [7, 11) is -1.12. The molecule has 0 atom stereocenters. The smallest absolute Gasteiger partial charge is 0.243 e. The number of rotatable bonds is 9. The molecule has 3 aromatic rings. The third-order valence-corrected chi connectivity index (χ3v) is 7.97. The Labute approximate surface area is 196 Å². The highest BCUT2D eigenvalue weighted by atomic mass is 28.3. The molecule has 0 aliphatic carbocycles. The van der Waals surface area contributed by atoms with E-state index in [9.17, 15) is 4.79 Å². The molecule has 1 amide bonds. The van der Waals surface area contributed by atoms with E-state index in [4.69, 9.17) is 11.3 Å². The number of pyridine rings is 1. The molecule has 0 bridgehead atoms. The number of ether oxygens (including phenoxy) is 1. The summed E-state index contributed by atoms with van der Waals surface area (Å²) in [5, 5.41) is 5.65. The van der Waals surface area contributed by atoms with Gasteiger partial charge in [-0.15, -0.1) is 0 Å². The highest BCUT2D eigenvalue weighted by Crippen LogP contribution is 2.33. The fourth-order valence-electron chi connectivity index (χ4n) is 4.24. The fraction of sp³-hybridized carbons (Fsp3) is 0.500. The summed E-state index contributed by atoms with van der Waals surface area (Å²) in [4.78, 5) is 22.1. The van der Waals surface area contributed by atoms with Gasteiger partial charge in [0.05, 0.1) is 19.3 Å². The average molecular weight is 465 g/mol. The fourth-order valence-corrected chi connectivity index (χ4v) is 4.99. The molecule has 1 aliphatic heterocycles. The molecule has 0 aromatic carbocycles. The molecule has 8 nitrogen and oxygen atoms in total. The Hall–Kier alpha value is -2.96. The van der Waals surface area contributed by atoms with E-state index in [2.05, 4.69) is 40.6 Å². The third-order valence-electron chi connectivity index (χ3n) is 6.27. The van der Waals surface area contributed by atoms with Crippen LogP contribution in [-0.2, 0) is 21.8 Å². The van der Waals surface area contributed by atoms with E-state index in [1.807, 2.05) is 47.0 Å². The maximum atomic E-state index is 12.0. The van der Waals surface area contributed by atoms with Gasteiger partial charge in [0.1, 0.15) is 12.4 Å². The molecule has 0 N–H and O–H groups in total. The van der Waals surface area contributed by atoms with Crippen molar-refractivity contribution in [1.82, 2.24) is 24.2 Å². The van der Waals surface area contributed by atoms with E-state index < -0.39 is 13.6 Å². The van der Waals surface area contributed by atoms with E-state index in [1.165, 1.54) is 0 Å². The summed E-state index contributed by atoms with van der Waals surface area (Å²) in [5.74, 6) is 0.118. The Morgan fingerprint density at radius 3 is 2.79 bits per heavy atom. The van der Waals surface area contributed by atoms with Gasteiger partial charge >= 0.3 is 0 Å². The molecule has 33 heavy (non-hydrogen) atoms. The third kappa shape index (κ3) is 4.72. The molecule has 174 valence electrons.